The molecule has 0 saturated carbocycles. The predicted octanol–water partition coefficient (Wildman–Crippen LogP) is 4.88. The lowest BCUT2D eigenvalue weighted by molar-refractivity contribution is 0.589. The lowest BCUT2D eigenvalue weighted by Gasteiger charge is -2.30. The molecule has 1 atom stereocenters. The van der Waals surface area contributed by atoms with Crippen LogP contribution in [0.4, 0.5) is 15.9 Å². The third-order valence-electron chi connectivity index (χ3n) is 6.04. The van der Waals surface area contributed by atoms with Crippen LogP contribution in [-0.4, -0.2) is 31.2 Å². The number of hydrogen-bond donors (Lipinski definition) is 2. The lowest BCUT2D eigenvalue weighted by Crippen LogP contribution is -2.43. The second-order valence-corrected chi connectivity index (χ2v) is 7.98. The number of anilines is 2. The summed E-state index contributed by atoms with van der Waals surface area (Å²) >= 11 is 0. The molecule has 1 aromatic heterocycles. The van der Waals surface area contributed by atoms with Crippen molar-refractivity contribution in [3.8, 4) is 0 Å². The molecule has 0 bridgehead atoms. The molecule has 1 saturated heterocycles. The van der Waals surface area contributed by atoms with E-state index in [1.807, 2.05) is 12.1 Å². The quantitative estimate of drug-likeness (QED) is 0.664. The molecule has 1 aliphatic heterocycles. The van der Waals surface area contributed by atoms with E-state index in [9.17, 15) is 4.39 Å². The summed E-state index contributed by atoms with van der Waals surface area (Å²) in [5.74, 6) is 0.501. The summed E-state index contributed by atoms with van der Waals surface area (Å²) in [6.07, 6.45) is 0. The molecule has 0 aliphatic carbocycles. The highest BCUT2D eigenvalue weighted by molar-refractivity contribution is 5.95. The number of hydrogen-bond acceptors (Lipinski definition) is 4. The second-order valence-electron chi connectivity index (χ2n) is 7.98. The largest absolute Gasteiger partial charge is 0.369 e. The first kappa shape index (κ1) is 19.6. The minimum Gasteiger partial charge on any atom is -0.369 e. The van der Waals surface area contributed by atoms with Crippen molar-refractivity contribution in [3.63, 3.8) is 0 Å². The summed E-state index contributed by atoms with van der Waals surface area (Å²) in [5, 5.41) is 8.39. The SMILES string of the molecule is Cc1cccc([C@@H](C)Nc2nc(C)c(F)c3ccc(N4CCNCC4)cc23)c1C. The molecule has 2 aromatic carbocycles. The Morgan fingerprint density at radius 3 is 2.59 bits per heavy atom. The molecular weight excluding hydrogens is 363 g/mol. The number of fused-ring (bicyclic) bond motifs is 1. The molecule has 0 unspecified atom stereocenters. The molecule has 3 aromatic rings. The van der Waals surface area contributed by atoms with Crippen LogP contribution in [0.25, 0.3) is 10.8 Å². The predicted molar refractivity (Wildman–Crippen MR) is 119 cm³/mol. The first-order valence-electron chi connectivity index (χ1n) is 10.3. The van der Waals surface area contributed by atoms with Crippen molar-refractivity contribution < 1.29 is 4.39 Å². The van der Waals surface area contributed by atoms with Gasteiger partial charge >= 0.3 is 0 Å². The fraction of sp³-hybridized carbons (Fsp3) is 0.375. The van der Waals surface area contributed by atoms with Crippen LogP contribution in [0, 0.1) is 26.6 Å². The Kier molecular flexibility index (Phi) is 5.41. The molecule has 152 valence electrons. The molecule has 2 N–H and O–H groups in total. The van der Waals surface area contributed by atoms with Gasteiger partial charge in [-0.15, -0.1) is 0 Å². The van der Waals surface area contributed by atoms with E-state index >= 15 is 0 Å². The highest BCUT2D eigenvalue weighted by Gasteiger charge is 2.18. The van der Waals surface area contributed by atoms with Crippen LogP contribution in [-0.2, 0) is 0 Å². The van der Waals surface area contributed by atoms with E-state index in [0.717, 1.165) is 43.1 Å². The van der Waals surface area contributed by atoms with E-state index in [2.05, 4.69) is 65.6 Å². The van der Waals surface area contributed by atoms with Crippen LogP contribution in [0.2, 0.25) is 0 Å². The van der Waals surface area contributed by atoms with E-state index in [4.69, 9.17) is 0 Å². The van der Waals surface area contributed by atoms with E-state index in [-0.39, 0.29) is 11.9 Å². The monoisotopic (exact) mass is 392 g/mol. The zero-order valence-electron chi connectivity index (χ0n) is 17.6. The molecule has 5 heteroatoms. The van der Waals surface area contributed by atoms with Crippen LogP contribution in [0.5, 0.6) is 0 Å². The van der Waals surface area contributed by atoms with Gasteiger partial charge in [-0.25, -0.2) is 9.37 Å². The van der Waals surface area contributed by atoms with Gasteiger partial charge in [0.2, 0.25) is 0 Å². The van der Waals surface area contributed by atoms with Crippen LogP contribution in [0.3, 0.4) is 0 Å². The molecule has 2 heterocycles. The number of piperazine rings is 1. The van der Waals surface area contributed by atoms with Gasteiger partial charge in [0.1, 0.15) is 5.82 Å². The Hall–Kier alpha value is -2.66. The highest BCUT2D eigenvalue weighted by atomic mass is 19.1. The van der Waals surface area contributed by atoms with Crippen LogP contribution >= 0.6 is 0 Å². The zero-order chi connectivity index (χ0) is 20.5. The minimum absolute atomic E-state index is 0.0679. The maximum absolute atomic E-state index is 14.8. The van der Waals surface area contributed by atoms with Gasteiger partial charge in [0, 0.05) is 42.6 Å². The first-order chi connectivity index (χ1) is 14.0. The van der Waals surface area contributed by atoms with Crippen molar-refractivity contribution in [1.82, 2.24) is 10.3 Å². The Balaban J connectivity index is 1.75. The number of aromatic nitrogens is 1. The van der Waals surface area contributed by atoms with Gasteiger partial charge in [0.05, 0.1) is 11.7 Å². The lowest BCUT2D eigenvalue weighted by atomic mass is 9.98. The fourth-order valence-corrected chi connectivity index (χ4v) is 4.15. The molecule has 4 rings (SSSR count). The molecule has 0 amide bonds. The topological polar surface area (TPSA) is 40.2 Å². The van der Waals surface area contributed by atoms with Crippen LogP contribution in [0.1, 0.15) is 35.3 Å². The number of rotatable bonds is 4. The summed E-state index contributed by atoms with van der Waals surface area (Å²) in [6, 6.07) is 12.4. The normalized spacial score (nSPS) is 15.6. The average Bonchev–Trinajstić information content (AvgIpc) is 2.74. The van der Waals surface area contributed by atoms with Gasteiger partial charge in [-0.1, -0.05) is 18.2 Å². The third-order valence-corrected chi connectivity index (χ3v) is 6.04. The number of benzene rings is 2. The summed E-state index contributed by atoms with van der Waals surface area (Å²) in [6.45, 7) is 12.0. The van der Waals surface area contributed by atoms with E-state index in [0.29, 0.717) is 11.1 Å². The highest BCUT2D eigenvalue weighted by Crippen LogP contribution is 2.33. The van der Waals surface area contributed by atoms with Crippen molar-refractivity contribution in [2.24, 2.45) is 0 Å². The Morgan fingerprint density at radius 2 is 1.83 bits per heavy atom. The molecule has 4 nitrogen and oxygen atoms in total. The number of halogens is 1. The van der Waals surface area contributed by atoms with E-state index in [1.54, 1.807) is 6.92 Å². The maximum atomic E-state index is 14.8. The number of aryl methyl sites for hydroxylation is 2. The smallest absolute Gasteiger partial charge is 0.152 e. The van der Waals surface area contributed by atoms with E-state index < -0.39 is 0 Å². The number of nitrogens with one attached hydrogen (secondary N) is 2. The average molecular weight is 393 g/mol. The molecule has 1 aliphatic rings. The number of nitrogens with zero attached hydrogens (tertiary/aromatic N) is 2. The third kappa shape index (κ3) is 3.79. The molecule has 1 fully saturated rings. The summed E-state index contributed by atoms with van der Waals surface area (Å²) in [7, 11) is 0. The van der Waals surface area contributed by atoms with Gasteiger partial charge in [0.15, 0.2) is 5.82 Å². The summed E-state index contributed by atoms with van der Waals surface area (Å²) in [4.78, 5) is 6.93. The number of pyridine rings is 1. The van der Waals surface area contributed by atoms with Gasteiger partial charge in [-0.2, -0.15) is 0 Å². The van der Waals surface area contributed by atoms with Crippen molar-refractivity contribution >= 4 is 22.3 Å². The second kappa shape index (κ2) is 7.99. The van der Waals surface area contributed by atoms with Crippen molar-refractivity contribution in [2.75, 3.05) is 36.4 Å². The zero-order valence-corrected chi connectivity index (χ0v) is 17.6. The van der Waals surface area contributed by atoms with Crippen molar-refractivity contribution in [1.29, 1.82) is 0 Å². The first-order valence-corrected chi connectivity index (χ1v) is 10.3. The molecular formula is C24H29FN4. The molecule has 29 heavy (non-hydrogen) atoms. The van der Waals surface area contributed by atoms with Crippen LogP contribution in [0.15, 0.2) is 36.4 Å². The minimum atomic E-state index is -0.239. The van der Waals surface area contributed by atoms with Gasteiger partial charge in [0.25, 0.3) is 0 Å². The standard InChI is InChI=1S/C24H29FN4/c1-15-6-5-7-20(16(15)2)17(3)27-24-22-14-19(29-12-10-26-11-13-29)8-9-21(22)23(25)18(4)28-24/h5-9,14,17,26H,10-13H2,1-4H3,(H,27,28)/t17-/m1/s1. The Bertz CT molecular complexity index is 1040. The van der Waals surface area contributed by atoms with E-state index in [1.165, 1.54) is 16.7 Å². The van der Waals surface area contributed by atoms with Crippen molar-refractivity contribution in [3.05, 3.63) is 64.6 Å². The van der Waals surface area contributed by atoms with Gasteiger partial charge < -0.3 is 15.5 Å². The van der Waals surface area contributed by atoms with Gasteiger partial charge in [-0.3, -0.25) is 0 Å². The van der Waals surface area contributed by atoms with Crippen LogP contribution < -0.4 is 15.5 Å². The summed E-state index contributed by atoms with van der Waals surface area (Å²) in [5.41, 5.74) is 5.32. The molecule has 0 radical (unpaired) electrons. The maximum Gasteiger partial charge on any atom is 0.152 e. The molecule has 0 spiro atoms. The summed E-state index contributed by atoms with van der Waals surface area (Å²) < 4.78 is 14.8. The Labute approximate surface area is 172 Å². The fourth-order valence-electron chi connectivity index (χ4n) is 4.15. The van der Waals surface area contributed by atoms with Gasteiger partial charge in [-0.05, 0) is 62.6 Å². The Morgan fingerprint density at radius 1 is 1.07 bits per heavy atom. The van der Waals surface area contributed by atoms with Crippen molar-refractivity contribution in [2.45, 2.75) is 33.7 Å².